The van der Waals surface area contributed by atoms with E-state index >= 15 is 0 Å². The minimum atomic E-state index is 0.260. The van der Waals surface area contributed by atoms with Crippen molar-refractivity contribution in [2.24, 2.45) is 0 Å². The van der Waals surface area contributed by atoms with Gasteiger partial charge in [0.25, 0.3) is 0 Å². The molecule has 1 rings (SSSR count). The van der Waals surface area contributed by atoms with E-state index < -0.39 is 0 Å². The molecule has 64 valence electrons. The zero-order valence-electron chi connectivity index (χ0n) is 7.63. The quantitative estimate of drug-likeness (QED) is 0.667. The summed E-state index contributed by atoms with van der Waals surface area (Å²) in [7, 11) is 0. The van der Waals surface area contributed by atoms with E-state index in [2.05, 4.69) is 31.2 Å². The van der Waals surface area contributed by atoms with E-state index in [1.807, 2.05) is 0 Å². The molecule has 0 saturated heterocycles. The van der Waals surface area contributed by atoms with Gasteiger partial charge < -0.3 is 4.79 Å². The Morgan fingerprint density at radius 2 is 1.83 bits per heavy atom. The molecule has 0 aromatic heterocycles. The Hall–Kier alpha value is -1.11. The summed E-state index contributed by atoms with van der Waals surface area (Å²) in [4.78, 5) is 10.7. The highest BCUT2D eigenvalue weighted by Crippen LogP contribution is 2.05. The summed E-state index contributed by atoms with van der Waals surface area (Å²) < 4.78 is 0. The summed E-state index contributed by atoms with van der Waals surface area (Å²) in [5, 5.41) is 0. The number of hydrogen-bond donors (Lipinski definition) is 0. The smallest absolute Gasteiger partial charge is 0.130 e. The average molecular weight is 162 g/mol. The summed E-state index contributed by atoms with van der Waals surface area (Å²) in [6.07, 6.45) is 1.53. The van der Waals surface area contributed by atoms with Crippen molar-refractivity contribution in [3.8, 4) is 0 Å². The van der Waals surface area contributed by atoms with Gasteiger partial charge >= 0.3 is 0 Å². The SMILES string of the molecule is CC(=O)CCc1ccc(C)cc1. The van der Waals surface area contributed by atoms with Crippen molar-refractivity contribution in [3.05, 3.63) is 35.4 Å². The molecule has 0 aliphatic carbocycles. The molecular formula is C11H14O. The van der Waals surface area contributed by atoms with Crippen LogP contribution in [-0.2, 0) is 11.2 Å². The van der Waals surface area contributed by atoms with Gasteiger partial charge in [-0.1, -0.05) is 29.8 Å². The Labute approximate surface area is 73.4 Å². The van der Waals surface area contributed by atoms with Crippen molar-refractivity contribution in [1.82, 2.24) is 0 Å². The van der Waals surface area contributed by atoms with Gasteiger partial charge in [-0.05, 0) is 25.8 Å². The van der Waals surface area contributed by atoms with Crippen molar-refractivity contribution in [3.63, 3.8) is 0 Å². The molecule has 0 aliphatic rings. The second kappa shape index (κ2) is 4.05. The highest BCUT2D eigenvalue weighted by Gasteiger charge is 1.95. The minimum absolute atomic E-state index is 0.260. The topological polar surface area (TPSA) is 17.1 Å². The monoisotopic (exact) mass is 162 g/mol. The van der Waals surface area contributed by atoms with E-state index in [9.17, 15) is 4.79 Å². The van der Waals surface area contributed by atoms with Crippen LogP contribution in [0, 0.1) is 6.92 Å². The summed E-state index contributed by atoms with van der Waals surface area (Å²) in [6.45, 7) is 3.70. The van der Waals surface area contributed by atoms with Crippen molar-refractivity contribution < 1.29 is 4.79 Å². The van der Waals surface area contributed by atoms with Gasteiger partial charge in [0.15, 0.2) is 0 Å². The van der Waals surface area contributed by atoms with E-state index in [4.69, 9.17) is 0 Å². The number of rotatable bonds is 3. The zero-order chi connectivity index (χ0) is 8.97. The molecule has 0 unspecified atom stereocenters. The lowest BCUT2D eigenvalue weighted by Gasteiger charge is -1.98. The number of ketones is 1. The minimum Gasteiger partial charge on any atom is -0.300 e. The molecular weight excluding hydrogens is 148 g/mol. The number of benzene rings is 1. The zero-order valence-corrected chi connectivity index (χ0v) is 7.63. The molecule has 0 N–H and O–H groups in total. The highest BCUT2D eigenvalue weighted by molar-refractivity contribution is 5.75. The van der Waals surface area contributed by atoms with Crippen LogP contribution in [0.4, 0.5) is 0 Å². The first-order valence-corrected chi connectivity index (χ1v) is 4.23. The van der Waals surface area contributed by atoms with Crippen LogP contribution in [-0.4, -0.2) is 5.78 Å². The van der Waals surface area contributed by atoms with E-state index in [1.165, 1.54) is 11.1 Å². The summed E-state index contributed by atoms with van der Waals surface area (Å²) in [6, 6.07) is 8.32. The number of aryl methyl sites for hydroxylation is 2. The maximum Gasteiger partial charge on any atom is 0.130 e. The molecule has 12 heavy (non-hydrogen) atoms. The van der Waals surface area contributed by atoms with Gasteiger partial charge in [0.05, 0.1) is 0 Å². The Balaban J connectivity index is 2.53. The third-order valence-electron chi connectivity index (χ3n) is 1.89. The summed E-state index contributed by atoms with van der Waals surface area (Å²) in [5.74, 6) is 0.260. The number of carbonyl (C=O) groups excluding carboxylic acids is 1. The first kappa shape index (κ1) is 8.98. The first-order chi connectivity index (χ1) is 5.68. The standard InChI is InChI=1S/C11H14O/c1-9-3-6-11(7-4-9)8-5-10(2)12/h3-4,6-7H,5,8H2,1-2H3. The summed E-state index contributed by atoms with van der Waals surface area (Å²) in [5.41, 5.74) is 2.51. The van der Waals surface area contributed by atoms with Crippen LogP contribution >= 0.6 is 0 Å². The predicted molar refractivity (Wildman–Crippen MR) is 50.2 cm³/mol. The normalized spacial score (nSPS) is 9.83. The van der Waals surface area contributed by atoms with Crippen molar-refractivity contribution >= 4 is 5.78 Å². The maximum absolute atomic E-state index is 10.7. The van der Waals surface area contributed by atoms with Crippen molar-refractivity contribution in [1.29, 1.82) is 0 Å². The first-order valence-electron chi connectivity index (χ1n) is 4.23. The van der Waals surface area contributed by atoms with Gasteiger partial charge in [0.1, 0.15) is 5.78 Å². The van der Waals surface area contributed by atoms with Gasteiger partial charge in [-0.3, -0.25) is 0 Å². The van der Waals surface area contributed by atoms with Crippen molar-refractivity contribution in [2.45, 2.75) is 26.7 Å². The third kappa shape index (κ3) is 2.87. The van der Waals surface area contributed by atoms with E-state index in [0.717, 1.165) is 6.42 Å². The van der Waals surface area contributed by atoms with Gasteiger partial charge in [-0.15, -0.1) is 0 Å². The second-order valence-electron chi connectivity index (χ2n) is 3.19. The van der Waals surface area contributed by atoms with Crippen molar-refractivity contribution in [2.75, 3.05) is 0 Å². The molecule has 0 amide bonds. The molecule has 0 radical (unpaired) electrons. The Kier molecular flexibility index (Phi) is 3.03. The molecule has 1 aromatic carbocycles. The van der Waals surface area contributed by atoms with E-state index in [-0.39, 0.29) is 5.78 Å². The van der Waals surface area contributed by atoms with Crippen LogP contribution in [0.15, 0.2) is 24.3 Å². The number of hydrogen-bond acceptors (Lipinski definition) is 1. The Morgan fingerprint density at radius 3 is 2.33 bits per heavy atom. The lowest BCUT2D eigenvalue weighted by atomic mass is 10.1. The second-order valence-corrected chi connectivity index (χ2v) is 3.19. The van der Waals surface area contributed by atoms with E-state index in [1.54, 1.807) is 6.92 Å². The molecule has 1 nitrogen and oxygen atoms in total. The fraction of sp³-hybridized carbons (Fsp3) is 0.364. The lowest BCUT2D eigenvalue weighted by molar-refractivity contribution is -0.116. The molecule has 0 spiro atoms. The van der Waals surface area contributed by atoms with Crippen LogP contribution in [0.5, 0.6) is 0 Å². The lowest BCUT2D eigenvalue weighted by Crippen LogP contribution is -1.93. The number of carbonyl (C=O) groups is 1. The fourth-order valence-electron chi connectivity index (χ4n) is 1.08. The number of Topliss-reactive ketones (excluding diaryl/α,β-unsaturated/α-hetero) is 1. The Bertz CT molecular complexity index is 259. The molecule has 0 heterocycles. The van der Waals surface area contributed by atoms with Gasteiger partial charge in [-0.2, -0.15) is 0 Å². The van der Waals surface area contributed by atoms with Crippen LogP contribution < -0.4 is 0 Å². The molecule has 0 atom stereocenters. The third-order valence-corrected chi connectivity index (χ3v) is 1.89. The fourth-order valence-corrected chi connectivity index (χ4v) is 1.08. The van der Waals surface area contributed by atoms with Crippen LogP contribution in [0.1, 0.15) is 24.5 Å². The van der Waals surface area contributed by atoms with Crippen LogP contribution in [0.3, 0.4) is 0 Å². The highest BCUT2D eigenvalue weighted by atomic mass is 16.1. The molecule has 0 saturated carbocycles. The molecule has 1 aromatic rings. The molecule has 0 aliphatic heterocycles. The predicted octanol–water partition coefficient (Wildman–Crippen LogP) is 2.52. The van der Waals surface area contributed by atoms with Gasteiger partial charge in [0, 0.05) is 6.42 Å². The van der Waals surface area contributed by atoms with E-state index in [0.29, 0.717) is 6.42 Å². The summed E-state index contributed by atoms with van der Waals surface area (Å²) >= 11 is 0. The van der Waals surface area contributed by atoms with Gasteiger partial charge in [-0.25, -0.2) is 0 Å². The van der Waals surface area contributed by atoms with Crippen LogP contribution in [0.25, 0.3) is 0 Å². The average Bonchev–Trinajstić information content (AvgIpc) is 2.03. The Morgan fingerprint density at radius 1 is 1.25 bits per heavy atom. The largest absolute Gasteiger partial charge is 0.300 e. The maximum atomic E-state index is 10.7. The van der Waals surface area contributed by atoms with Crippen LogP contribution in [0.2, 0.25) is 0 Å². The van der Waals surface area contributed by atoms with Gasteiger partial charge in [0.2, 0.25) is 0 Å². The molecule has 1 heteroatoms. The molecule has 0 fully saturated rings. The molecule has 0 bridgehead atoms.